The lowest BCUT2D eigenvalue weighted by atomic mass is 10.1. The van der Waals surface area contributed by atoms with Gasteiger partial charge in [-0.2, -0.15) is 0 Å². The number of nitrogens with one attached hydrogen (secondary N) is 2. The van der Waals surface area contributed by atoms with Gasteiger partial charge in [0.15, 0.2) is 0 Å². The van der Waals surface area contributed by atoms with Crippen LogP contribution in [-0.2, 0) is 27.8 Å². The van der Waals surface area contributed by atoms with E-state index >= 15 is 0 Å². The highest BCUT2D eigenvalue weighted by atomic mass is 32.2. The van der Waals surface area contributed by atoms with Crippen molar-refractivity contribution in [1.29, 1.82) is 0 Å². The number of para-hydroxylation sites is 1. The molecule has 0 spiro atoms. The molecule has 0 atom stereocenters. The molecule has 0 radical (unpaired) electrons. The first kappa shape index (κ1) is 24.9. The van der Waals surface area contributed by atoms with Crippen LogP contribution >= 0.6 is 0 Å². The third-order valence-corrected chi connectivity index (χ3v) is 7.62. The number of anilines is 1. The van der Waals surface area contributed by atoms with Gasteiger partial charge in [0.25, 0.3) is 15.9 Å². The SMILES string of the molecule is Cc1ccccc1NS(=O)(=O)c1cc(C(=O)NCc2ccc(CN3CCOCC3)cc2)ccc1C. The molecule has 0 unspecified atom stereocenters. The van der Waals surface area contributed by atoms with Gasteiger partial charge in [0, 0.05) is 31.7 Å². The summed E-state index contributed by atoms with van der Waals surface area (Å²) in [5, 5.41) is 2.89. The average Bonchev–Trinajstić information content (AvgIpc) is 2.85. The smallest absolute Gasteiger partial charge is 0.262 e. The summed E-state index contributed by atoms with van der Waals surface area (Å²) >= 11 is 0. The van der Waals surface area contributed by atoms with Crippen LogP contribution in [0.5, 0.6) is 0 Å². The monoisotopic (exact) mass is 493 g/mol. The van der Waals surface area contributed by atoms with Crippen LogP contribution in [0.2, 0.25) is 0 Å². The number of carbonyl (C=O) groups is 1. The highest BCUT2D eigenvalue weighted by Crippen LogP contribution is 2.23. The minimum atomic E-state index is -3.85. The van der Waals surface area contributed by atoms with Gasteiger partial charge in [0.1, 0.15) is 0 Å². The van der Waals surface area contributed by atoms with Crippen molar-refractivity contribution >= 4 is 21.6 Å². The summed E-state index contributed by atoms with van der Waals surface area (Å²) in [5.74, 6) is -0.324. The standard InChI is InChI=1S/C27H31N3O4S/c1-20-5-3-4-6-25(20)29-35(32,33)26-17-24(12-7-21(26)2)27(31)28-18-22-8-10-23(11-9-22)19-30-13-15-34-16-14-30/h3-12,17,29H,13-16,18-19H2,1-2H3,(H,28,31). The second-order valence-electron chi connectivity index (χ2n) is 8.79. The Labute approximate surface area is 207 Å². The predicted molar refractivity (Wildman–Crippen MR) is 137 cm³/mol. The van der Waals surface area contributed by atoms with Gasteiger partial charge < -0.3 is 10.1 Å². The van der Waals surface area contributed by atoms with E-state index in [0.717, 1.165) is 44.0 Å². The van der Waals surface area contributed by atoms with Crippen LogP contribution in [0.3, 0.4) is 0 Å². The molecule has 0 aromatic heterocycles. The van der Waals surface area contributed by atoms with Crippen LogP contribution in [0.4, 0.5) is 5.69 Å². The van der Waals surface area contributed by atoms with Crippen LogP contribution in [0.1, 0.15) is 32.6 Å². The zero-order valence-corrected chi connectivity index (χ0v) is 20.9. The predicted octanol–water partition coefficient (Wildman–Crippen LogP) is 3.87. The van der Waals surface area contributed by atoms with Crippen LogP contribution in [0.15, 0.2) is 71.6 Å². The van der Waals surface area contributed by atoms with Gasteiger partial charge in [-0.05, 0) is 54.3 Å². The fraction of sp³-hybridized carbons (Fsp3) is 0.296. The lowest BCUT2D eigenvalue weighted by Crippen LogP contribution is -2.35. The number of benzene rings is 3. The van der Waals surface area contributed by atoms with Crippen LogP contribution in [0.25, 0.3) is 0 Å². The first-order valence-electron chi connectivity index (χ1n) is 11.7. The minimum absolute atomic E-state index is 0.0841. The van der Waals surface area contributed by atoms with E-state index in [1.807, 2.05) is 31.2 Å². The van der Waals surface area contributed by atoms with Crippen molar-refractivity contribution in [2.24, 2.45) is 0 Å². The number of hydrogen-bond donors (Lipinski definition) is 2. The number of sulfonamides is 1. The topological polar surface area (TPSA) is 87.7 Å². The molecular weight excluding hydrogens is 462 g/mol. The maximum Gasteiger partial charge on any atom is 0.262 e. The van der Waals surface area contributed by atoms with Crippen molar-refractivity contribution < 1.29 is 17.9 Å². The van der Waals surface area contributed by atoms with E-state index in [2.05, 4.69) is 27.1 Å². The molecule has 184 valence electrons. The molecule has 2 N–H and O–H groups in total. The van der Waals surface area contributed by atoms with Gasteiger partial charge >= 0.3 is 0 Å². The fourth-order valence-electron chi connectivity index (χ4n) is 3.98. The Balaban J connectivity index is 1.40. The highest BCUT2D eigenvalue weighted by molar-refractivity contribution is 7.92. The van der Waals surface area contributed by atoms with E-state index in [0.29, 0.717) is 23.4 Å². The molecule has 0 aliphatic carbocycles. The molecule has 0 bridgehead atoms. The zero-order chi connectivity index (χ0) is 24.8. The molecule has 4 rings (SSSR count). The van der Waals surface area contributed by atoms with Crippen molar-refractivity contribution in [3.63, 3.8) is 0 Å². The summed E-state index contributed by atoms with van der Waals surface area (Å²) in [7, 11) is -3.85. The Morgan fingerprint density at radius 2 is 1.60 bits per heavy atom. The van der Waals surface area contributed by atoms with Crippen molar-refractivity contribution in [3.8, 4) is 0 Å². The maximum atomic E-state index is 13.1. The van der Waals surface area contributed by atoms with Gasteiger partial charge in [-0.1, -0.05) is 48.5 Å². The second kappa shape index (κ2) is 11.0. The number of morpholine rings is 1. The Hall–Kier alpha value is -3.20. The van der Waals surface area contributed by atoms with Crippen molar-refractivity contribution in [3.05, 3.63) is 94.5 Å². The lowest BCUT2D eigenvalue weighted by Gasteiger charge is -2.26. The van der Waals surface area contributed by atoms with Gasteiger partial charge in [-0.3, -0.25) is 14.4 Å². The van der Waals surface area contributed by atoms with E-state index in [1.54, 1.807) is 31.2 Å². The Morgan fingerprint density at radius 1 is 0.914 bits per heavy atom. The van der Waals surface area contributed by atoms with Crippen molar-refractivity contribution in [2.45, 2.75) is 31.8 Å². The molecule has 7 nitrogen and oxygen atoms in total. The normalized spacial score (nSPS) is 14.5. The summed E-state index contributed by atoms with van der Waals surface area (Å²) in [6.45, 7) is 8.21. The number of amides is 1. The molecule has 1 fully saturated rings. The lowest BCUT2D eigenvalue weighted by molar-refractivity contribution is 0.0342. The molecule has 0 saturated carbocycles. The molecule has 1 heterocycles. The number of aryl methyl sites for hydroxylation is 2. The fourth-order valence-corrected chi connectivity index (χ4v) is 5.38. The van der Waals surface area contributed by atoms with Crippen LogP contribution in [-0.4, -0.2) is 45.5 Å². The molecule has 8 heteroatoms. The van der Waals surface area contributed by atoms with Crippen LogP contribution < -0.4 is 10.0 Å². The largest absolute Gasteiger partial charge is 0.379 e. The number of rotatable bonds is 8. The second-order valence-corrected chi connectivity index (χ2v) is 10.4. The first-order valence-corrected chi connectivity index (χ1v) is 13.2. The summed E-state index contributed by atoms with van der Waals surface area (Å²) < 4.78 is 34.1. The molecule has 35 heavy (non-hydrogen) atoms. The minimum Gasteiger partial charge on any atom is -0.379 e. The van der Waals surface area contributed by atoms with Crippen LogP contribution in [0, 0.1) is 13.8 Å². The molecule has 3 aromatic rings. The summed E-state index contributed by atoms with van der Waals surface area (Å²) in [4.78, 5) is 15.2. The third-order valence-electron chi connectivity index (χ3n) is 6.12. The van der Waals surface area contributed by atoms with Gasteiger partial charge in [0.05, 0.1) is 23.8 Å². The summed E-state index contributed by atoms with van der Waals surface area (Å²) in [6.07, 6.45) is 0. The van der Waals surface area contributed by atoms with Gasteiger partial charge in [-0.25, -0.2) is 8.42 Å². The van der Waals surface area contributed by atoms with E-state index in [-0.39, 0.29) is 10.8 Å². The van der Waals surface area contributed by atoms with Crippen molar-refractivity contribution in [2.75, 3.05) is 31.0 Å². The van der Waals surface area contributed by atoms with E-state index < -0.39 is 10.0 Å². The quantitative estimate of drug-likeness (QED) is 0.498. The summed E-state index contributed by atoms with van der Waals surface area (Å²) in [6, 6.07) is 20.1. The number of carbonyl (C=O) groups excluding carboxylic acids is 1. The molecular formula is C27H31N3O4S. The number of nitrogens with zero attached hydrogens (tertiary/aromatic N) is 1. The molecule has 3 aromatic carbocycles. The number of hydrogen-bond acceptors (Lipinski definition) is 5. The van der Waals surface area contributed by atoms with E-state index in [1.165, 1.54) is 11.6 Å². The molecule has 1 aliphatic rings. The van der Waals surface area contributed by atoms with E-state index in [4.69, 9.17) is 4.74 Å². The average molecular weight is 494 g/mol. The Bertz CT molecular complexity index is 1280. The number of ether oxygens (including phenoxy) is 1. The zero-order valence-electron chi connectivity index (χ0n) is 20.1. The summed E-state index contributed by atoms with van der Waals surface area (Å²) in [5.41, 5.74) is 4.39. The first-order chi connectivity index (χ1) is 16.8. The Kier molecular flexibility index (Phi) is 7.85. The van der Waals surface area contributed by atoms with Gasteiger partial charge in [0.2, 0.25) is 0 Å². The molecule has 1 amide bonds. The maximum absolute atomic E-state index is 13.1. The highest BCUT2D eigenvalue weighted by Gasteiger charge is 2.20. The van der Waals surface area contributed by atoms with Gasteiger partial charge in [-0.15, -0.1) is 0 Å². The third kappa shape index (κ3) is 6.48. The molecule has 1 aliphatic heterocycles. The van der Waals surface area contributed by atoms with E-state index in [9.17, 15) is 13.2 Å². The Morgan fingerprint density at radius 3 is 2.31 bits per heavy atom. The van der Waals surface area contributed by atoms with Crippen molar-refractivity contribution in [1.82, 2.24) is 10.2 Å². The molecule has 1 saturated heterocycles.